The van der Waals surface area contributed by atoms with Gasteiger partial charge in [-0.25, -0.2) is 4.68 Å². The van der Waals surface area contributed by atoms with Crippen molar-refractivity contribution in [1.29, 1.82) is 0 Å². The van der Waals surface area contributed by atoms with E-state index in [4.69, 9.17) is 0 Å². The highest BCUT2D eigenvalue weighted by Gasteiger charge is 2.27. The maximum Gasteiger partial charge on any atom is 0.271 e. The number of nitro groups is 1. The van der Waals surface area contributed by atoms with Crippen LogP contribution in [0.3, 0.4) is 0 Å². The van der Waals surface area contributed by atoms with Crippen LogP contribution in [0.15, 0.2) is 41.2 Å². The predicted octanol–water partition coefficient (Wildman–Crippen LogP) is 2.23. The number of carbonyl (C=O) groups is 1. The number of nitrogens with zero attached hydrogens (tertiary/aromatic N) is 3. The van der Waals surface area contributed by atoms with Gasteiger partial charge in [-0.1, -0.05) is 6.07 Å². The number of nitro benzene ring substituents is 1. The van der Waals surface area contributed by atoms with E-state index in [0.717, 1.165) is 23.2 Å². The molecule has 24 heavy (non-hydrogen) atoms. The molecule has 1 heterocycles. The minimum Gasteiger partial charge on any atom is -0.324 e. The van der Waals surface area contributed by atoms with E-state index in [0.29, 0.717) is 11.6 Å². The van der Waals surface area contributed by atoms with Gasteiger partial charge in [-0.05, 0) is 31.9 Å². The molecule has 0 radical (unpaired) electrons. The fourth-order valence-electron chi connectivity index (χ4n) is 2.37. The van der Waals surface area contributed by atoms with E-state index < -0.39 is 16.9 Å². The van der Waals surface area contributed by atoms with Gasteiger partial charge in [0.2, 0.25) is 5.91 Å². The molecular weight excluding hydrogens is 312 g/mol. The molecule has 1 aliphatic carbocycles. The normalized spacial score (nSPS) is 14.9. The van der Waals surface area contributed by atoms with Crippen molar-refractivity contribution in [3.05, 3.63) is 62.6 Å². The lowest BCUT2D eigenvalue weighted by Gasteiger charge is -2.14. The first-order valence-corrected chi connectivity index (χ1v) is 7.61. The van der Waals surface area contributed by atoms with Crippen LogP contribution in [-0.4, -0.2) is 20.6 Å². The highest BCUT2D eigenvalue weighted by atomic mass is 16.6. The number of aromatic nitrogens is 2. The summed E-state index contributed by atoms with van der Waals surface area (Å²) in [7, 11) is 0. The van der Waals surface area contributed by atoms with Crippen molar-refractivity contribution in [2.45, 2.75) is 31.7 Å². The van der Waals surface area contributed by atoms with Gasteiger partial charge in [-0.3, -0.25) is 19.7 Å². The molecule has 1 aromatic carbocycles. The van der Waals surface area contributed by atoms with Crippen LogP contribution < -0.4 is 10.9 Å². The Kier molecular flexibility index (Phi) is 4.11. The Balaban J connectivity index is 1.80. The first-order valence-electron chi connectivity index (χ1n) is 7.61. The Morgan fingerprint density at radius 3 is 2.79 bits per heavy atom. The lowest BCUT2D eigenvalue weighted by molar-refractivity contribution is -0.384. The van der Waals surface area contributed by atoms with E-state index in [2.05, 4.69) is 10.4 Å². The quantitative estimate of drug-likeness (QED) is 0.669. The number of hydrogen-bond donors (Lipinski definition) is 1. The van der Waals surface area contributed by atoms with E-state index in [9.17, 15) is 19.7 Å². The van der Waals surface area contributed by atoms with Gasteiger partial charge >= 0.3 is 0 Å². The number of hydrogen-bond acceptors (Lipinski definition) is 5. The van der Waals surface area contributed by atoms with Crippen LogP contribution in [0.1, 0.15) is 37.4 Å². The SMILES string of the molecule is CC(C(=O)Nc1cccc([N+](=O)[O-])c1)n1nc(C2CC2)ccc1=O. The first kappa shape index (κ1) is 15.9. The molecule has 1 fully saturated rings. The summed E-state index contributed by atoms with van der Waals surface area (Å²) in [4.78, 5) is 34.6. The zero-order valence-electron chi connectivity index (χ0n) is 13.0. The highest BCUT2D eigenvalue weighted by molar-refractivity contribution is 5.93. The second kappa shape index (κ2) is 6.23. The monoisotopic (exact) mass is 328 g/mol. The topological polar surface area (TPSA) is 107 Å². The molecule has 1 N–H and O–H groups in total. The summed E-state index contributed by atoms with van der Waals surface area (Å²) >= 11 is 0. The minimum atomic E-state index is -0.824. The fourth-order valence-corrected chi connectivity index (χ4v) is 2.37. The standard InChI is InChI=1S/C16H16N4O4/c1-10(19-15(21)8-7-14(18-19)11-5-6-11)16(22)17-12-3-2-4-13(9-12)20(23)24/h2-4,7-11H,5-6H2,1H3,(H,17,22). The van der Waals surface area contributed by atoms with E-state index >= 15 is 0 Å². The maximum atomic E-state index is 12.4. The third-order valence-corrected chi connectivity index (χ3v) is 3.91. The van der Waals surface area contributed by atoms with Crippen LogP contribution in [-0.2, 0) is 4.79 Å². The maximum absolute atomic E-state index is 12.4. The molecule has 2 aromatic rings. The summed E-state index contributed by atoms with van der Waals surface area (Å²) in [5, 5.41) is 17.6. The predicted molar refractivity (Wildman–Crippen MR) is 86.9 cm³/mol. The smallest absolute Gasteiger partial charge is 0.271 e. The van der Waals surface area contributed by atoms with Crippen molar-refractivity contribution in [3.8, 4) is 0 Å². The third-order valence-electron chi connectivity index (χ3n) is 3.91. The van der Waals surface area contributed by atoms with Crippen molar-refractivity contribution in [2.24, 2.45) is 0 Å². The number of benzene rings is 1. The Bertz CT molecular complexity index is 857. The molecular formula is C16H16N4O4. The molecule has 1 amide bonds. The number of amides is 1. The third kappa shape index (κ3) is 3.32. The molecule has 1 aliphatic rings. The van der Waals surface area contributed by atoms with Crippen molar-refractivity contribution in [2.75, 3.05) is 5.32 Å². The molecule has 1 atom stereocenters. The second-order valence-electron chi connectivity index (χ2n) is 5.79. The van der Waals surface area contributed by atoms with Gasteiger partial charge < -0.3 is 5.32 Å². The van der Waals surface area contributed by atoms with Gasteiger partial charge in [0.1, 0.15) is 6.04 Å². The van der Waals surface area contributed by atoms with Crippen molar-refractivity contribution >= 4 is 17.3 Å². The van der Waals surface area contributed by atoms with Gasteiger partial charge in [-0.15, -0.1) is 0 Å². The minimum absolute atomic E-state index is 0.119. The van der Waals surface area contributed by atoms with Gasteiger partial charge in [0.15, 0.2) is 0 Å². The molecule has 0 aliphatic heterocycles. The zero-order chi connectivity index (χ0) is 17.3. The van der Waals surface area contributed by atoms with Crippen LogP contribution >= 0.6 is 0 Å². The van der Waals surface area contributed by atoms with E-state index in [1.54, 1.807) is 19.1 Å². The van der Waals surface area contributed by atoms with Crippen LogP contribution in [0.5, 0.6) is 0 Å². The van der Waals surface area contributed by atoms with Gasteiger partial charge in [0.25, 0.3) is 11.2 Å². The molecule has 8 nitrogen and oxygen atoms in total. The van der Waals surface area contributed by atoms with Crippen LogP contribution in [0, 0.1) is 10.1 Å². The zero-order valence-corrected chi connectivity index (χ0v) is 13.0. The number of anilines is 1. The Labute approximate surface area is 137 Å². The number of rotatable bonds is 5. The van der Waals surface area contributed by atoms with Gasteiger partial charge in [0.05, 0.1) is 10.6 Å². The molecule has 1 saturated carbocycles. The van der Waals surface area contributed by atoms with Crippen molar-refractivity contribution < 1.29 is 9.72 Å². The summed E-state index contributed by atoms with van der Waals surface area (Å²) in [6.45, 7) is 1.57. The Morgan fingerprint density at radius 1 is 1.38 bits per heavy atom. The van der Waals surface area contributed by atoms with Gasteiger partial charge in [0, 0.05) is 29.8 Å². The fraction of sp³-hybridized carbons (Fsp3) is 0.312. The molecule has 1 aromatic heterocycles. The Hall–Kier alpha value is -3.03. The summed E-state index contributed by atoms with van der Waals surface area (Å²) in [5.41, 5.74) is 0.629. The number of nitrogens with one attached hydrogen (secondary N) is 1. The average Bonchev–Trinajstić information content (AvgIpc) is 3.40. The lowest BCUT2D eigenvalue weighted by atomic mass is 10.2. The summed E-state index contributed by atoms with van der Waals surface area (Å²) in [6, 6.07) is 7.92. The average molecular weight is 328 g/mol. The van der Waals surface area contributed by atoms with Crippen LogP contribution in [0.25, 0.3) is 0 Å². The first-order chi connectivity index (χ1) is 11.5. The van der Waals surface area contributed by atoms with Crippen LogP contribution in [0.4, 0.5) is 11.4 Å². The summed E-state index contributed by atoms with van der Waals surface area (Å²) in [5.74, 6) is -0.0954. The molecule has 0 saturated heterocycles. The van der Waals surface area contributed by atoms with E-state index in [1.165, 1.54) is 24.3 Å². The molecule has 0 bridgehead atoms. The molecule has 3 rings (SSSR count). The molecule has 1 unspecified atom stereocenters. The molecule has 124 valence electrons. The summed E-state index contributed by atoms with van der Waals surface area (Å²) in [6.07, 6.45) is 2.08. The number of carbonyl (C=O) groups excluding carboxylic acids is 1. The van der Waals surface area contributed by atoms with E-state index in [1.807, 2.05) is 0 Å². The molecule has 8 heteroatoms. The second-order valence-corrected chi connectivity index (χ2v) is 5.79. The van der Waals surface area contributed by atoms with Crippen molar-refractivity contribution in [3.63, 3.8) is 0 Å². The van der Waals surface area contributed by atoms with E-state index in [-0.39, 0.29) is 11.2 Å². The largest absolute Gasteiger partial charge is 0.324 e. The van der Waals surface area contributed by atoms with Crippen LogP contribution in [0.2, 0.25) is 0 Å². The molecule has 0 spiro atoms. The lowest BCUT2D eigenvalue weighted by Crippen LogP contribution is -2.33. The number of non-ortho nitro benzene ring substituents is 1. The van der Waals surface area contributed by atoms with Crippen molar-refractivity contribution in [1.82, 2.24) is 9.78 Å². The summed E-state index contributed by atoms with van der Waals surface area (Å²) < 4.78 is 1.15. The highest BCUT2D eigenvalue weighted by Crippen LogP contribution is 2.38. The Morgan fingerprint density at radius 2 is 2.12 bits per heavy atom. The van der Waals surface area contributed by atoms with Gasteiger partial charge in [-0.2, -0.15) is 5.10 Å².